The summed E-state index contributed by atoms with van der Waals surface area (Å²) in [5.74, 6) is 1.94. The molecular formula is C80H117Cl4N15O8. The highest BCUT2D eigenvalue weighted by Gasteiger charge is 2.44. The second-order valence-electron chi connectivity index (χ2n) is 30.0. The summed E-state index contributed by atoms with van der Waals surface area (Å²) in [5.41, 5.74) is 16.6. The van der Waals surface area contributed by atoms with Crippen molar-refractivity contribution in [3.05, 3.63) is 139 Å². The van der Waals surface area contributed by atoms with E-state index in [0.29, 0.717) is 96.5 Å². The van der Waals surface area contributed by atoms with E-state index in [-0.39, 0.29) is 24.4 Å². The van der Waals surface area contributed by atoms with Crippen LogP contribution in [0.2, 0.25) is 20.1 Å². The number of aromatic amines is 2. The van der Waals surface area contributed by atoms with Crippen LogP contribution in [-0.2, 0) is 63.6 Å². The zero-order valence-corrected chi connectivity index (χ0v) is 67.2. The van der Waals surface area contributed by atoms with Gasteiger partial charge in [-0.2, -0.15) is 15.2 Å². The summed E-state index contributed by atoms with van der Waals surface area (Å²) >= 11 is 24.1. The van der Waals surface area contributed by atoms with Crippen LogP contribution >= 0.6 is 46.4 Å². The molecular weight excluding hydrogens is 1440 g/mol. The van der Waals surface area contributed by atoms with Crippen molar-refractivity contribution in [1.29, 1.82) is 5.26 Å². The molecule has 0 radical (unpaired) electrons. The van der Waals surface area contributed by atoms with Crippen LogP contribution < -0.4 is 21.3 Å². The number of nitrogens with zero attached hydrogens (tertiary/aromatic N) is 11. The predicted molar refractivity (Wildman–Crippen MR) is 426 cm³/mol. The quantitative estimate of drug-likeness (QED) is 0.0624. The first-order chi connectivity index (χ1) is 51.8. The van der Waals surface area contributed by atoms with Crippen molar-refractivity contribution in [1.82, 2.24) is 50.0 Å². The number of morpholine rings is 4. The number of benzene rings is 4. The highest BCUT2D eigenvalue weighted by Crippen LogP contribution is 2.35. The Hall–Kier alpha value is -5.47. The Labute approximate surface area is 655 Å². The van der Waals surface area contributed by atoms with Crippen LogP contribution in [0, 0.1) is 11.3 Å². The Balaban J connectivity index is 0.000000151. The summed E-state index contributed by atoms with van der Waals surface area (Å²) in [4.78, 5) is 23.3. The molecule has 16 atom stereocenters. The molecule has 14 rings (SSSR count). The number of ether oxygens (including phenoxy) is 8. The molecule has 6 saturated heterocycles. The van der Waals surface area contributed by atoms with Gasteiger partial charge in [-0.25, -0.2) is 10.2 Å². The number of methoxy groups -OCH3 is 4. The third-order valence-electron chi connectivity index (χ3n) is 22.4. The Bertz CT molecular complexity index is 3360. The second kappa shape index (κ2) is 42.2. The van der Waals surface area contributed by atoms with Crippen LogP contribution in [0.5, 0.6) is 0 Å². The minimum atomic E-state index is 0.0569. The summed E-state index contributed by atoms with van der Waals surface area (Å²) in [6, 6.07) is 37.5. The van der Waals surface area contributed by atoms with Crippen LogP contribution in [-0.4, -0.2) is 254 Å². The van der Waals surface area contributed by atoms with Crippen molar-refractivity contribution in [3.8, 4) is 6.07 Å². The molecule has 2 saturated carbocycles. The zero-order valence-electron chi connectivity index (χ0n) is 64.2. The van der Waals surface area contributed by atoms with E-state index in [2.05, 4.69) is 136 Å². The Morgan fingerprint density at radius 1 is 0.411 bits per heavy atom. The number of hydrogen-bond donors (Lipinski definition) is 4. The number of rotatable bonds is 18. The van der Waals surface area contributed by atoms with Crippen molar-refractivity contribution in [2.45, 2.75) is 222 Å². The van der Waals surface area contributed by atoms with E-state index in [1.807, 2.05) is 62.8 Å². The van der Waals surface area contributed by atoms with Gasteiger partial charge in [0.1, 0.15) is 0 Å². The first-order valence-corrected chi connectivity index (χ1v) is 40.1. The Kier molecular flexibility index (Phi) is 33.2. The molecule has 0 bridgehead atoms. The summed E-state index contributed by atoms with van der Waals surface area (Å²) in [5, 5.41) is 24.3. The SMILES string of the molecule is CC#N.CO[C@@H]1CCCCC1N1C[C@H](C)OCC1Cc1ccc(Cl)cc1.CO[C@@H]1CN(c2n[nH]c(N)n2)CCC1N1C[C@H](C)OCC1Cc1ccc(Cl)cc1.CO[C@H]1CCCCC1N1C[C@H](C)OCC1Cc1ccc(Cl)cc1.CO[C@H]1CN(c2n[nH]c(N)n2)CCC1N1C[C@H](C)OCC1Cc1ccc(Cl)cc1. The van der Waals surface area contributed by atoms with Gasteiger partial charge in [-0.05, 0) is 163 Å². The van der Waals surface area contributed by atoms with E-state index >= 15 is 0 Å². The van der Waals surface area contributed by atoms with Crippen LogP contribution in [0.4, 0.5) is 23.8 Å². The number of aromatic nitrogens is 6. The topological polar surface area (TPSA) is 252 Å². The lowest BCUT2D eigenvalue weighted by molar-refractivity contribution is -0.106. The zero-order chi connectivity index (χ0) is 75.9. The molecule has 2 aromatic heterocycles. The van der Waals surface area contributed by atoms with Crippen molar-refractivity contribution in [3.63, 3.8) is 0 Å². The number of halogens is 4. The van der Waals surface area contributed by atoms with Crippen molar-refractivity contribution >= 4 is 70.2 Å². The molecule has 0 amide bonds. The first kappa shape index (κ1) is 84.0. The van der Waals surface area contributed by atoms with Gasteiger partial charge >= 0.3 is 0 Å². The van der Waals surface area contributed by atoms with Crippen LogP contribution in [0.3, 0.4) is 0 Å². The molecule has 6 aliphatic heterocycles. The molecule has 8 fully saturated rings. The average Bonchev–Trinajstić information content (AvgIpc) is 1.67. The molecule has 27 heteroatoms. The van der Waals surface area contributed by atoms with E-state index in [1.165, 1.54) is 80.5 Å². The lowest BCUT2D eigenvalue weighted by Gasteiger charge is -2.48. The minimum Gasteiger partial charge on any atom is -0.380 e. The van der Waals surface area contributed by atoms with Crippen molar-refractivity contribution < 1.29 is 37.9 Å². The summed E-state index contributed by atoms with van der Waals surface area (Å²) in [7, 11) is 7.29. The van der Waals surface area contributed by atoms with Crippen molar-refractivity contribution in [2.24, 2.45) is 0 Å². The number of hydrogen-bond acceptors (Lipinski definition) is 21. The van der Waals surface area contributed by atoms with Gasteiger partial charge < -0.3 is 59.2 Å². The maximum Gasteiger partial charge on any atom is 0.246 e. The van der Waals surface area contributed by atoms with Gasteiger partial charge in [0.25, 0.3) is 0 Å². The molecule has 8 heterocycles. The lowest BCUT2D eigenvalue weighted by Crippen LogP contribution is -2.62. The number of nitrogens with one attached hydrogen (secondary N) is 2. The summed E-state index contributed by atoms with van der Waals surface area (Å²) in [6.45, 7) is 20.1. The van der Waals surface area contributed by atoms with Crippen LogP contribution in [0.1, 0.15) is 121 Å². The van der Waals surface area contributed by atoms with Gasteiger partial charge in [-0.15, -0.1) is 10.2 Å². The van der Waals surface area contributed by atoms with E-state index < -0.39 is 0 Å². The van der Waals surface area contributed by atoms with Crippen LogP contribution in [0.15, 0.2) is 97.1 Å². The molecule has 107 heavy (non-hydrogen) atoms. The van der Waals surface area contributed by atoms with E-state index in [0.717, 1.165) is 137 Å². The smallest absolute Gasteiger partial charge is 0.246 e. The van der Waals surface area contributed by atoms with E-state index in [4.69, 9.17) is 101 Å². The highest BCUT2D eigenvalue weighted by molar-refractivity contribution is 6.31. The van der Waals surface area contributed by atoms with E-state index in [1.54, 1.807) is 20.3 Å². The fourth-order valence-electron chi connectivity index (χ4n) is 17.0. The number of nitrogens with two attached hydrogens (primary N) is 2. The number of H-pyrrole nitrogens is 2. The highest BCUT2D eigenvalue weighted by atomic mass is 35.5. The second-order valence-corrected chi connectivity index (χ2v) is 31.7. The standard InChI is InChI=1S/2C20H29ClN6O2.2C19H28ClNO2.C2H3N/c2*1-13-10-27(16(12-29-13)9-14-3-5-15(21)6-4-14)17-7-8-26(11-18(17)28-2)20-23-19(22)24-25-20;2*1-14-12-21(18-5-3-4-6-19(18)22-2)17(13-23-14)11-15-7-9-16(20)10-8-15;1-2-3/h2*3-6,13,16-18H,7-12H2,1-2H3,(H3,22,23,24,25);2*7-10,14,17-19H,3-6,11-13H2,1-2H3;1H3/t13-,16?,17?,18+;13-,16?,17?,18-;14-,17?,18?,19+;14-,17?,18?,19-;/m0000./s1. The molecule has 8 aliphatic rings. The minimum absolute atomic E-state index is 0.0569. The maximum atomic E-state index is 7.32. The molecule has 2 aliphatic carbocycles. The van der Waals surface area contributed by atoms with Gasteiger partial charge in [0.05, 0.1) is 81.3 Å². The number of anilines is 4. The molecule has 588 valence electrons. The largest absolute Gasteiger partial charge is 0.380 e. The predicted octanol–water partition coefficient (Wildman–Crippen LogP) is 12.3. The number of piperidine rings is 2. The van der Waals surface area contributed by atoms with Gasteiger partial charge in [0, 0.05) is 156 Å². The third kappa shape index (κ3) is 24.3. The number of nitriles is 1. The fourth-order valence-corrected chi connectivity index (χ4v) is 17.6. The monoisotopic (exact) mass is 1560 g/mol. The van der Waals surface area contributed by atoms with Gasteiger partial charge in [-0.1, -0.05) is 121 Å². The lowest BCUT2D eigenvalue weighted by atomic mass is 9.88. The van der Waals surface area contributed by atoms with Gasteiger partial charge in [0.15, 0.2) is 0 Å². The first-order valence-electron chi connectivity index (χ1n) is 38.6. The summed E-state index contributed by atoms with van der Waals surface area (Å²) in [6.07, 6.45) is 17.7. The van der Waals surface area contributed by atoms with Gasteiger partial charge in [0.2, 0.25) is 23.8 Å². The third-order valence-corrected chi connectivity index (χ3v) is 23.4. The van der Waals surface area contributed by atoms with Gasteiger partial charge in [-0.3, -0.25) is 19.6 Å². The molecule has 23 nitrogen and oxygen atoms in total. The van der Waals surface area contributed by atoms with Crippen LogP contribution in [0.25, 0.3) is 0 Å². The van der Waals surface area contributed by atoms with Crippen molar-refractivity contribution in [2.75, 3.05) is 128 Å². The Morgan fingerprint density at radius 2 is 0.664 bits per heavy atom. The normalized spacial score (nSPS) is 29.7. The number of nitrogen functional groups attached to an aromatic ring is 2. The molecule has 4 aromatic carbocycles. The molecule has 0 spiro atoms. The maximum absolute atomic E-state index is 7.32. The Morgan fingerprint density at radius 3 is 0.907 bits per heavy atom. The summed E-state index contributed by atoms with van der Waals surface area (Å²) < 4.78 is 47.4. The average molecular weight is 1560 g/mol. The molecule has 8 unspecified atom stereocenters. The molecule has 6 N–H and O–H groups in total. The fraction of sp³-hybridized carbons (Fsp3) is 0.637. The van der Waals surface area contributed by atoms with E-state index in [9.17, 15) is 0 Å². The molecule has 6 aromatic rings.